The van der Waals surface area contributed by atoms with E-state index >= 15 is 0 Å². The van der Waals surface area contributed by atoms with Gasteiger partial charge >= 0.3 is 59.2 Å². The zero-order valence-corrected chi connectivity index (χ0v) is 15.1. The van der Waals surface area contributed by atoms with Gasteiger partial charge in [-0.1, -0.05) is 13.2 Å². The lowest BCUT2D eigenvalue weighted by atomic mass is 9.85. The summed E-state index contributed by atoms with van der Waals surface area (Å²) in [6.07, 6.45) is -3.23. The lowest BCUT2D eigenvalue weighted by Crippen LogP contribution is -2.76. The van der Waals surface area contributed by atoms with Crippen molar-refractivity contribution >= 4 is 0 Å². The summed E-state index contributed by atoms with van der Waals surface area (Å²) in [7, 11) is 0. The number of alkyl halides is 20. The molecule has 20 heteroatoms. The Balaban J connectivity index is 7.11. The van der Waals surface area contributed by atoms with Crippen LogP contribution in [0, 0.1) is 0 Å². The number of allylic oxidation sites excluding steroid dienone is 2. The molecule has 0 heterocycles. The summed E-state index contributed by atoms with van der Waals surface area (Å²) >= 11 is 0. The molecular formula is C14H6F20. The fourth-order valence-electron chi connectivity index (χ4n) is 1.86. The molecule has 0 nitrogen and oxygen atoms in total. The molecule has 0 aromatic heterocycles. The van der Waals surface area contributed by atoms with Crippen LogP contribution in [-0.4, -0.2) is 59.2 Å². The molecule has 0 bridgehead atoms. The van der Waals surface area contributed by atoms with Crippen LogP contribution in [0.2, 0.25) is 0 Å². The molecule has 0 unspecified atom stereocenters. The van der Waals surface area contributed by atoms with Crippen LogP contribution in [0.1, 0.15) is 0 Å². The second-order valence-electron chi connectivity index (χ2n) is 6.25. The Morgan fingerprint density at radius 2 is 0.382 bits per heavy atom. The Kier molecular flexibility index (Phi) is 7.35. The zero-order valence-electron chi connectivity index (χ0n) is 15.1. The molecule has 0 saturated heterocycles. The second kappa shape index (κ2) is 7.79. The van der Waals surface area contributed by atoms with Gasteiger partial charge < -0.3 is 0 Å². The van der Waals surface area contributed by atoms with Crippen molar-refractivity contribution in [1.29, 1.82) is 0 Å². The number of halogens is 20. The van der Waals surface area contributed by atoms with Crippen LogP contribution in [0.15, 0.2) is 25.3 Å². The summed E-state index contributed by atoms with van der Waals surface area (Å²) in [5, 5.41) is 0. The van der Waals surface area contributed by atoms with Crippen molar-refractivity contribution < 1.29 is 87.8 Å². The Bertz CT molecular complexity index is 721. The van der Waals surface area contributed by atoms with Gasteiger partial charge in [0.25, 0.3) is 0 Å². The fourth-order valence-corrected chi connectivity index (χ4v) is 1.86. The molecule has 0 saturated carbocycles. The van der Waals surface area contributed by atoms with E-state index in [1.54, 1.807) is 13.2 Å². The molecule has 0 amide bonds. The third kappa shape index (κ3) is 3.51. The highest BCUT2D eigenvalue weighted by Crippen LogP contribution is 2.66. The third-order valence-electron chi connectivity index (χ3n) is 4.11. The SMILES string of the molecule is C=CC(F)(F)C(F)(F)C(F)(F)C(F)(F)C(F)(F)C(F)(F)C(F)(F)C(F)(F)C(F)(F)C(F)(F)C=C. The predicted octanol–water partition coefficient (Wildman–Crippen LogP) is 7.71. The minimum Gasteiger partial charge on any atom is -0.195 e. The van der Waals surface area contributed by atoms with E-state index < -0.39 is 71.4 Å². The van der Waals surface area contributed by atoms with E-state index in [0.717, 1.165) is 0 Å². The molecular weight excluding hydrogens is 548 g/mol. The van der Waals surface area contributed by atoms with Gasteiger partial charge in [0.2, 0.25) is 0 Å². The van der Waals surface area contributed by atoms with E-state index in [0.29, 0.717) is 0 Å². The standard InChI is InChI=1S/C14H6F20/c1-3-5(15,16)7(19,20)9(23,24)11(27,28)13(31,32)14(33,34)12(29,30)10(25,26)8(21,22)6(17,18)4-2/h3-4H,1-2H2. The average molecular weight is 554 g/mol. The molecule has 0 aliphatic carbocycles. The molecule has 0 fully saturated rings. The van der Waals surface area contributed by atoms with Crippen molar-refractivity contribution in [2.24, 2.45) is 0 Å². The topological polar surface area (TPSA) is 0 Å². The molecule has 0 rings (SSSR count). The third-order valence-corrected chi connectivity index (χ3v) is 4.11. The van der Waals surface area contributed by atoms with E-state index in [1.807, 2.05) is 0 Å². The van der Waals surface area contributed by atoms with E-state index in [1.165, 1.54) is 0 Å². The van der Waals surface area contributed by atoms with Gasteiger partial charge in [-0.2, -0.15) is 87.8 Å². The molecule has 0 atom stereocenters. The average Bonchev–Trinajstić information content (AvgIpc) is 2.66. The Labute approximate surface area is 173 Å². The summed E-state index contributed by atoms with van der Waals surface area (Å²) in [5.74, 6) is -82.0. The highest BCUT2D eigenvalue weighted by Gasteiger charge is 2.97. The number of rotatable bonds is 11. The smallest absolute Gasteiger partial charge is 0.195 e. The summed E-state index contributed by atoms with van der Waals surface area (Å²) in [4.78, 5) is 0. The second-order valence-corrected chi connectivity index (χ2v) is 6.25. The molecule has 0 aliphatic heterocycles. The van der Waals surface area contributed by atoms with Crippen LogP contribution in [0.25, 0.3) is 0 Å². The summed E-state index contributed by atoms with van der Waals surface area (Å²) < 4.78 is 264. The van der Waals surface area contributed by atoms with Gasteiger partial charge in [-0.25, -0.2) is 0 Å². The van der Waals surface area contributed by atoms with Crippen LogP contribution in [0.4, 0.5) is 87.8 Å². The summed E-state index contributed by atoms with van der Waals surface area (Å²) in [6, 6.07) is 0. The quantitative estimate of drug-likeness (QED) is 0.181. The van der Waals surface area contributed by atoms with Gasteiger partial charge in [-0.3, -0.25) is 0 Å². The lowest BCUT2D eigenvalue weighted by Gasteiger charge is -2.44. The van der Waals surface area contributed by atoms with Crippen molar-refractivity contribution in [2.45, 2.75) is 59.2 Å². The molecule has 0 N–H and O–H groups in total. The van der Waals surface area contributed by atoms with Crippen molar-refractivity contribution in [3.05, 3.63) is 25.3 Å². The molecule has 0 aromatic carbocycles. The van der Waals surface area contributed by atoms with E-state index in [2.05, 4.69) is 0 Å². The zero-order chi connectivity index (χ0) is 28.4. The van der Waals surface area contributed by atoms with Gasteiger partial charge in [-0.15, -0.1) is 0 Å². The van der Waals surface area contributed by atoms with Crippen LogP contribution >= 0.6 is 0 Å². The first-order valence-corrected chi connectivity index (χ1v) is 7.42. The fraction of sp³-hybridized carbons (Fsp3) is 0.714. The summed E-state index contributed by atoms with van der Waals surface area (Å²) in [6.45, 7) is 3.42. The predicted molar refractivity (Wildman–Crippen MR) is 69.9 cm³/mol. The van der Waals surface area contributed by atoms with Gasteiger partial charge in [0.15, 0.2) is 0 Å². The van der Waals surface area contributed by atoms with Crippen LogP contribution in [0.5, 0.6) is 0 Å². The maximum Gasteiger partial charge on any atom is 0.385 e. The normalized spacial score (nSPS) is 16.5. The highest BCUT2D eigenvalue weighted by atomic mass is 19.4. The Morgan fingerprint density at radius 3 is 0.500 bits per heavy atom. The summed E-state index contributed by atoms with van der Waals surface area (Å²) in [5.41, 5.74) is 0. The lowest BCUT2D eigenvalue weighted by molar-refractivity contribution is -0.465. The number of hydrogen-bond acceptors (Lipinski definition) is 0. The maximum absolute atomic E-state index is 13.4. The first-order valence-electron chi connectivity index (χ1n) is 7.42. The highest BCUT2D eigenvalue weighted by molar-refractivity contribution is 5.20. The Hall–Kier alpha value is -1.92. The van der Waals surface area contributed by atoms with Gasteiger partial charge in [0, 0.05) is 0 Å². The molecule has 202 valence electrons. The van der Waals surface area contributed by atoms with E-state index in [4.69, 9.17) is 0 Å². The maximum atomic E-state index is 13.4. The minimum absolute atomic E-state index is 1.62. The van der Waals surface area contributed by atoms with Crippen LogP contribution in [-0.2, 0) is 0 Å². The monoisotopic (exact) mass is 554 g/mol. The molecule has 0 spiro atoms. The molecule has 0 aromatic rings. The van der Waals surface area contributed by atoms with E-state index in [-0.39, 0.29) is 0 Å². The number of hydrogen-bond donors (Lipinski definition) is 0. The molecule has 0 aliphatic rings. The van der Waals surface area contributed by atoms with Crippen molar-refractivity contribution in [2.75, 3.05) is 0 Å². The van der Waals surface area contributed by atoms with Gasteiger partial charge in [-0.05, 0) is 12.2 Å². The van der Waals surface area contributed by atoms with Gasteiger partial charge in [0.1, 0.15) is 0 Å². The first kappa shape index (κ1) is 32.1. The van der Waals surface area contributed by atoms with E-state index in [9.17, 15) is 87.8 Å². The first-order chi connectivity index (χ1) is 14.4. The molecule has 0 radical (unpaired) electrons. The van der Waals surface area contributed by atoms with Gasteiger partial charge in [0.05, 0.1) is 0 Å². The largest absolute Gasteiger partial charge is 0.385 e. The van der Waals surface area contributed by atoms with Crippen LogP contribution in [0.3, 0.4) is 0 Å². The molecule has 34 heavy (non-hydrogen) atoms. The minimum atomic E-state index is -9.02. The van der Waals surface area contributed by atoms with Crippen molar-refractivity contribution in [3.63, 3.8) is 0 Å². The van der Waals surface area contributed by atoms with Crippen molar-refractivity contribution in [1.82, 2.24) is 0 Å². The van der Waals surface area contributed by atoms with Crippen LogP contribution < -0.4 is 0 Å². The Morgan fingerprint density at radius 1 is 0.265 bits per heavy atom. The van der Waals surface area contributed by atoms with Crippen molar-refractivity contribution in [3.8, 4) is 0 Å².